The Bertz CT molecular complexity index is 558. The Kier molecular flexibility index (Phi) is 6.95. The number of amides is 1. The first kappa shape index (κ1) is 19.2. The molecule has 4 nitrogen and oxygen atoms in total. The molecule has 1 heterocycles. The maximum Gasteiger partial charge on any atom is 0.237 e. The molecule has 1 aliphatic heterocycles. The molecule has 4 heteroatoms. The molecular weight excluding hydrogens is 324 g/mol. The SMILES string of the molecule is CC(C(=O)NC1CCCCC1)N1CCC(CCc2ccc(O)cc2)CC1. The van der Waals surface area contributed by atoms with Crippen LogP contribution in [0, 0.1) is 5.92 Å². The quantitative estimate of drug-likeness (QED) is 0.811. The molecule has 1 aliphatic carbocycles. The van der Waals surface area contributed by atoms with Crippen LogP contribution in [0.1, 0.15) is 63.9 Å². The molecule has 1 aromatic rings. The molecule has 1 unspecified atom stereocenters. The van der Waals surface area contributed by atoms with Gasteiger partial charge < -0.3 is 10.4 Å². The fourth-order valence-electron chi connectivity index (χ4n) is 4.40. The van der Waals surface area contributed by atoms with Crippen molar-refractivity contribution in [2.45, 2.75) is 76.8 Å². The van der Waals surface area contributed by atoms with E-state index in [0.29, 0.717) is 11.8 Å². The standard InChI is InChI=1S/C22H34N2O2/c1-17(22(26)23-20-5-3-2-4-6-20)24-15-13-19(14-16-24)8-7-18-9-11-21(25)12-10-18/h9-12,17,19-20,25H,2-8,13-16H2,1H3,(H,23,26). The van der Waals surface area contributed by atoms with Crippen LogP contribution in [0.15, 0.2) is 24.3 Å². The van der Waals surface area contributed by atoms with E-state index in [4.69, 9.17) is 0 Å². The number of aryl methyl sites for hydroxylation is 1. The highest BCUT2D eigenvalue weighted by Gasteiger charge is 2.27. The van der Waals surface area contributed by atoms with Crippen molar-refractivity contribution in [2.75, 3.05) is 13.1 Å². The summed E-state index contributed by atoms with van der Waals surface area (Å²) in [6, 6.07) is 7.97. The lowest BCUT2D eigenvalue weighted by Gasteiger charge is -2.36. The fraction of sp³-hybridized carbons (Fsp3) is 0.682. The van der Waals surface area contributed by atoms with E-state index in [1.165, 1.54) is 44.1 Å². The van der Waals surface area contributed by atoms with Crippen LogP contribution >= 0.6 is 0 Å². The van der Waals surface area contributed by atoms with Crippen LogP contribution in [-0.2, 0) is 11.2 Å². The van der Waals surface area contributed by atoms with E-state index in [1.54, 1.807) is 12.1 Å². The summed E-state index contributed by atoms with van der Waals surface area (Å²) >= 11 is 0. The molecule has 3 rings (SSSR count). The summed E-state index contributed by atoms with van der Waals surface area (Å²) < 4.78 is 0. The summed E-state index contributed by atoms with van der Waals surface area (Å²) in [6.45, 7) is 4.12. The average molecular weight is 359 g/mol. The van der Waals surface area contributed by atoms with Crippen LogP contribution in [0.5, 0.6) is 5.75 Å². The zero-order valence-electron chi connectivity index (χ0n) is 16.1. The van der Waals surface area contributed by atoms with Gasteiger partial charge in [-0.1, -0.05) is 31.4 Å². The van der Waals surface area contributed by atoms with E-state index < -0.39 is 0 Å². The lowest BCUT2D eigenvalue weighted by Crippen LogP contribution is -2.50. The number of phenolic OH excluding ortho intramolecular Hbond substituents is 1. The number of nitrogens with one attached hydrogen (secondary N) is 1. The van der Waals surface area contributed by atoms with Gasteiger partial charge >= 0.3 is 0 Å². The third-order valence-electron chi connectivity index (χ3n) is 6.31. The lowest BCUT2D eigenvalue weighted by molar-refractivity contribution is -0.127. The van der Waals surface area contributed by atoms with Crippen LogP contribution in [-0.4, -0.2) is 41.1 Å². The molecule has 2 fully saturated rings. The summed E-state index contributed by atoms with van der Waals surface area (Å²) in [5, 5.41) is 12.6. The van der Waals surface area contributed by atoms with Crippen molar-refractivity contribution in [3.63, 3.8) is 0 Å². The first-order valence-corrected chi connectivity index (χ1v) is 10.4. The Labute approximate surface area is 158 Å². The number of rotatable bonds is 6. The van der Waals surface area contributed by atoms with Crippen molar-refractivity contribution in [2.24, 2.45) is 5.92 Å². The number of carbonyl (C=O) groups is 1. The largest absolute Gasteiger partial charge is 0.508 e. The van der Waals surface area contributed by atoms with E-state index in [2.05, 4.69) is 17.1 Å². The predicted molar refractivity (Wildman–Crippen MR) is 105 cm³/mol. The normalized spacial score (nSPS) is 21.4. The molecule has 144 valence electrons. The van der Waals surface area contributed by atoms with Gasteiger partial charge in [0.05, 0.1) is 6.04 Å². The van der Waals surface area contributed by atoms with Gasteiger partial charge in [0.15, 0.2) is 0 Å². The molecule has 2 N–H and O–H groups in total. The summed E-state index contributed by atoms with van der Waals surface area (Å²) in [7, 11) is 0. The van der Waals surface area contributed by atoms with Crippen molar-refractivity contribution >= 4 is 5.91 Å². The Morgan fingerprint density at radius 3 is 2.42 bits per heavy atom. The van der Waals surface area contributed by atoms with Crippen LogP contribution in [0.2, 0.25) is 0 Å². The van der Waals surface area contributed by atoms with Crippen LogP contribution in [0.4, 0.5) is 0 Å². The molecule has 1 saturated heterocycles. The highest BCUT2D eigenvalue weighted by molar-refractivity contribution is 5.81. The molecule has 0 aromatic heterocycles. The van der Waals surface area contributed by atoms with Crippen molar-refractivity contribution < 1.29 is 9.90 Å². The van der Waals surface area contributed by atoms with Gasteiger partial charge in [-0.2, -0.15) is 0 Å². The summed E-state index contributed by atoms with van der Waals surface area (Å²) in [6.07, 6.45) is 10.8. The van der Waals surface area contributed by atoms with E-state index in [9.17, 15) is 9.90 Å². The molecule has 1 aromatic carbocycles. The van der Waals surface area contributed by atoms with Gasteiger partial charge in [-0.25, -0.2) is 0 Å². The number of phenols is 1. The van der Waals surface area contributed by atoms with Crippen molar-refractivity contribution in [1.82, 2.24) is 10.2 Å². The van der Waals surface area contributed by atoms with Gasteiger partial charge in [-0.3, -0.25) is 9.69 Å². The Morgan fingerprint density at radius 2 is 1.77 bits per heavy atom. The zero-order valence-corrected chi connectivity index (χ0v) is 16.1. The molecule has 2 aliphatic rings. The highest BCUT2D eigenvalue weighted by atomic mass is 16.3. The molecule has 1 amide bonds. The highest BCUT2D eigenvalue weighted by Crippen LogP contribution is 2.24. The van der Waals surface area contributed by atoms with Gasteiger partial charge in [0, 0.05) is 6.04 Å². The van der Waals surface area contributed by atoms with Gasteiger partial charge in [-0.15, -0.1) is 0 Å². The second kappa shape index (κ2) is 9.40. The zero-order chi connectivity index (χ0) is 18.4. The van der Waals surface area contributed by atoms with E-state index in [1.807, 2.05) is 12.1 Å². The smallest absolute Gasteiger partial charge is 0.237 e. The van der Waals surface area contributed by atoms with Crippen molar-refractivity contribution in [3.05, 3.63) is 29.8 Å². The summed E-state index contributed by atoms with van der Waals surface area (Å²) in [5.74, 6) is 1.30. The van der Waals surface area contributed by atoms with Gasteiger partial charge in [-0.05, 0) is 82.2 Å². The number of likely N-dealkylation sites (tertiary alicyclic amines) is 1. The number of aromatic hydroxyl groups is 1. The molecule has 1 atom stereocenters. The summed E-state index contributed by atoms with van der Waals surface area (Å²) in [4.78, 5) is 14.9. The summed E-state index contributed by atoms with van der Waals surface area (Å²) in [5.41, 5.74) is 1.30. The first-order valence-electron chi connectivity index (χ1n) is 10.4. The third-order valence-corrected chi connectivity index (χ3v) is 6.31. The van der Waals surface area contributed by atoms with E-state index in [0.717, 1.165) is 38.3 Å². The van der Waals surface area contributed by atoms with Crippen LogP contribution in [0.25, 0.3) is 0 Å². The number of nitrogens with zero attached hydrogens (tertiary/aromatic N) is 1. The monoisotopic (exact) mass is 358 g/mol. The van der Waals surface area contributed by atoms with E-state index >= 15 is 0 Å². The minimum atomic E-state index is -0.00465. The van der Waals surface area contributed by atoms with Crippen molar-refractivity contribution in [3.8, 4) is 5.75 Å². The predicted octanol–water partition coefficient (Wildman–Crippen LogP) is 3.87. The molecule has 1 saturated carbocycles. The molecule has 0 spiro atoms. The second-order valence-corrected chi connectivity index (χ2v) is 8.20. The lowest BCUT2D eigenvalue weighted by atomic mass is 9.90. The average Bonchev–Trinajstić information content (AvgIpc) is 2.68. The molecule has 0 bridgehead atoms. The third kappa shape index (κ3) is 5.47. The molecule has 0 radical (unpaired) electrons. The number of piperidine rings is 1. The molecule has 26 heavy (non-hydrogen) atoms. The number of benzene rings is 1. The maximum absolute atomic E-state index is 12.6. The Hall–Kier alpha value is -1.55. The second-order valence-electron chi connectivity index (χ2n) is 8.20. The fourth-order valence-corrected chi connectivity index (χ4v) is 4.40. The van der Waals surface area contributed by atoms with E-state index in [-0.39, 0.29) is 11.9 Å². The Balaban J connectivity index is 1.38. The minimum absolute atomic E-state index is 0.00465. The number of carbonyl (C=O) groups excluding carboxylic acids is 1. The van der Waals surface area contributed by atoms with Gasteiger partial charge in [0.2, 0.25) is 5.91 Å². The number of hydrogen-bond donors (Lipinski definition) is 2. The Morgan fingerprint density at radius 1 is 1.12 bits per heavy atom. The van der Waals surface area contributed by atoms with Crippen LogP contribution < -0.4 is 5.32 Å². The molecular formula is C22H34N2O2. The minimum Gasteiger partial charge on any atom is -0.508 e. The maximum atomic E-state index is 12.6. The first-order chi connectivity index (χ1) is 12.6. The van der Waals surface area contributed by atoms with Crippen LogP contribution in [0.3, 0.4) is 0 Å². The topological polar surface area (TPSA) is 52.6 Å². The van der Waals surface area contributed by atoms with Gasteiger partial charge in [0.25, 0.3) is 0 Å². The van der Waals surface area contributed by atoms with Gasteiger partial charge in [0.1, 0.15) is 5.75 Å². The number of hydrogen-bond acceptors (Lipinski definition) is 3. The van der Waals surface area contributed by atoms with Crippen molar-refractivity contribution in [1.29, 1.82) is 0 Å².